The molecule has 14 heteroatoms. The summed E-state index contributed by atoms with van der Waals surface area (Å²) in [4.78, 5) is 56.1. The number of halogens is 1. The summed E-state index contributed by atoms with van der Waals surface area (Å²) >= 11 is 11.3. The minimum Gasteiger partial charge on any atom is -0.495 e. The molecule has 2 aliphatic heterocycles. The third kappa shape index (κ3) is 11.2. The lowest BCUT2D eigenvalue weighted by Gasteiger charge is -2.37. The summed E-state index contributed by atoms with van der Waals surface area (Å²) in [5, 5.41) is 14.9. The molecule has 1 aromatic rings. The average molecular weight is 794 g/mol. The molecule has 2 bridgehead atoms. The van der Waals surface area contributed by atoms with Crippen molar-refractivity contribution in [3.05, 3.63) is 46.5 Å². The highest BCUT2D eigenvalue weighted by molar-refractivity contribution is 7.81. The Kier molecular flexibility index (Phi) is 15.3. The number of carbonyl (C=O) groups is 4. The van der Waals surface area contributed by atoms with E-state index in [1.165, 1.54) is 30.9 Å². The molecule has 0 radical (unpaired) electrons. The van der Waals surface area contributed by atoms with Gasteiger partial charge in [0, 0.05) is 45.7 Å². The van der Waals surface area contributed by atoms with Crippen LogP contribution in [0.4, 0.5) is 5.69 Å². The van der Waals surface area contributed by atoms with Gasteiger partial charge in [-0.25, -0.2) is 4.79 Å². The van der Waals surface area contributed by atoms with E-state index < -0.39 is 53.5 Å². The average Bonchev–Trinajstić information content (AvgIpc) is 3.78. The smallest absolute Gasteiger partial charge is 0.328 e. The molecule has 1 aromatic carbocycles. The monoisotopic (exact) mass is 793 g/mol. The van der Waals surface area contributed by atoms with Crippen LogP contribution in [0.1, 0.15) is 86.6 Å². The van der Waals surface area contributed by atoms with Crippen LogP contribution >= 0.6 is 24.2 Å². The van der Waals surface area contributed by atoms with Crippen LogP contribution in [0.15, 0.2) is 35.9 Å². The number of allylic oxidation sites excluding steroid dienone is 3. The third-order valence-corrected chi connectivity index (χ3v) is 11.3. The Hall–Kier alpha value is -3.10. The molecule has 3 amide bonds. The summed E-state index contributed by atoms with van der Waals surface area (Å²) in [6, 6.07) is 2.65. The number of esters is 1. The Morgan fingerprint density at radius 3 is 2.46 bits per heavy atom. The van der Waals surface area contributed by atoms with Gasteiger partial charge in [-0.15, -0.1) is 0 Å². The van der Waals surface area contributed by atoms with Gasteiger partial charge in [0.05, 0.1) is 25.3 Å². The predicted molar refractivity (Wildman–Crippen MR) is 213 cm³/mol. The Morgan fingerprint density at radius 1 is 1.24 bits per heavy atom. The molecule has 8 unspecified atom stereocenters. The summed E-state index contributed by atoms with van der Waals surface area (Å²) in [5.41, 5.74) is -0.725. The minimum absolute atomic E-state index is 0.0957. The number of anilines is 1. The molecule has 12 nitrogen and oxygen atoms in total. The first-order valence-corrected chi connectivity index (χ1v) is 19.2. The zero-order valence-electron chi connectivity index (χ0n) is 33.8. The van der Waals surface area contributed by atoms with E-state index in [0.717, 1.165) is 11.1 Å². The molecule has 0 aromatic heterocycles. The Morgan fingerprint density at radius 2 is 1.89 bits per heavy atom. The number of amides is 3. The number of rotatable bonds is 9. The van der Waals surface area contributed by atoms with Crippen molar-refractivity contribution in [3.8, 4) is 5.75 Å². The van der Waals surface area contributed by atoms with Gasteiger partial charge in [-0.3, -0.25) is 14.4 Å². The van der Waals surface area contributed by atoms with Crippen molar-refractivity contribution >= 4 is 53.6 Å². The lowest BCUT2D eigenvalue weighted by atomic mass is 9.79. The molecule has 2 heterocycles. The number of likely N-dealkylation sites (N-methyl/N-ethyl adjacent to an activating group) is 1. The molecule has 302 valence electrons. The minimum atomic E-state index is -1.78. The SMILES string of the molecule is COc1cc2cc(c1Cl)N(C)C(=O)CC(OC(=O)C(C)N(C)C(=O)CCC(C)(C)S)C1(C)OC1C(C)C(C)CC(O)(NC(C)=O)C(OC)/C=C/C=C(\C)C2. The number of fused-ring (bicyclic) bond motifs is 3. The van der Waals surface area contributed by atoms with Gasteiger partial charge in [-0.1, -0.05) is 63.1 Å². The van der Waals surface area contributed by atoms with Crippen LogP contribution in [-0.4, -0.2) is 102 Å². The van der Waals surface area contributed by atoms with E-state index in [1.54, 1.807) is 46.2 Å². The van der Waals surface area contributed by atoms with Gasteiger partial charge in [0.2, 0.25) is 17.7 Å². The molecule has 1 fully saturated rings. The second kappa shape index (κ2) is 18.2. The van der Waals surface area contributed by atoms with Crippen LogP contribution in [0.25, 0.3) is 0 Å². The molecule has 3 rings (SSSR count). The fourth-order valence-corrected chi connectivity index (χ4v) is 7.33. The van der Waals surface area contributed by atoms with Gasteiger partial charge in [-0.05, 0) is 63.1 Å². The molecule has 0 spiro atoms. The largest absolute Gasteiger partial charge is 0.495 e. The Labute approximate surface area is 331 Å². The number of thiol groups is 1. The van der Waals surface area contributed by atoms with Crippen molar-refractivity contribution in [2.24, 2.45) is 11.8 Å². The first kappa shape index (κ1) is 45.3. The second-order valence-electron chi connectivity index (χ2n) is 15.8. The number of nitrogens with zero attached hydrogens (tertiary/aromatic N) is 2. The number of epoxide rings is 1. The van der Waals surface area contributed by atoms with Crippen LogP contribution in [0.3, 0.4) is 0 Å². The van der Waals surface area contributed by atoms with Crippen LogP contribution in [-0.2, 0) is 39.8 Å². The lowest BCUT2D eigenvalue weighted by molar-refractivity contribution is -0.162. The highest BCUT2D eigenvalue weighted by Crippen LogP contribution is 2.49. The van der Waals surface area contributed by atoms with Gasteiger partial charge >= 0.3 is 5.97 Å². The van der Waals surface area contributed by atoms with Gasteiger partial charge < -0.3 is 39.2 Å². The maximum Gasteiger partial charge on any atom is 0.328 e. The summed E-state index contributed by atoms with van der Waals surface area (Å²) in [6.07, 6.45) is 3.88. The number of ether oxygens (including phenoxy) is 4. The van der Waals surface area contributed by atoms with Crippen LogP contribution in [0.5, 0.6) is 5.75 Å². The quantitative estimate of drug-likeness (QED) is 0.125. The number of hydrogen-bond acceptors (Lipinski definition) is 10. The van der Waals surface area contributed by atoms with Gasteiger partial charge in [0.25, 0.3) is 0 Å². The van der Waals surface area contributed by atoms with E-state index in [-0.39, 0.29) is 46.8 Å². The van der Waals surface area contributed by atoms with Crippen molar-refractivity contribution in [1.29, 1.82) is 0 Å². The first-order valence-electron chi connectivity index (χ1n) is 18.3. The normalized spacial score (nSPS) is 30.3. The fraction of sp³-hybridized carbons (Fsp3) is 0.650. The number of aliphatic hydroxyl groups is 1. The Bertz CT molecular complexity index is 1610. The third-order valence-electron chi connectivity index (χ3n) is 10.7. The zero-order chi connectivity index (χ0) is 40.9. The van der Waals surface area contributed by atoms with E-state index in [9.17, 15) is 24.3 Å². The molecular weight excluding hydrogens is 734 g/mol. The fourth-order valence-electron chi connectivity index (χ4n) is 6.91. The zero-order valence-corrected chi connectivity index (χ0v) is 35.5. The Balaban J connectivity index is 2.10. The standard InChI is InChI=1S/C40H60ClN3O9S/c1-23-14-13-15-31(51-12)40(49,42-27(5)45)22-24(2)25(3)36-39(8,53-36)32(52-37(48)26(4)43(9)33(46)16-17-38(6,7)54)21-34(47)44(10)29-19-28(18-23)20-30(50-11)35(29)41/h13-15,19-20,24-26,31-32,36,49,54H,16-18,21-22H2,1-12H3,(H,42,45)/b15-13+,23-14+. The van der Waals surface area contributed by atoms with Gasteiger partial charge in [0.15, 0.2) is 5.72 Å². The molecule has 8 atom stereocenters. The number of benzene rings is 1. The van der Waals surface area contributed by atoms with Crippen molar-refractivity contribution in [2.75, 3.05) is 33.2 Å². The van der Waals surface area contributed by atoms with Crippen molar-refractivity contribution in [3.63, 3.8) is 0 Å². The highest BCUT2D eigenvalue weighted by Gasteiger charge is 2.63. The topological polar surface area (TPSA) is 147 Å². The number of carbonyl (C=O) groups excluding carboxylic acids is 4. The highest BCUT2D eigenvalue weighted by atomic mass is 35.5. The second-order valence-corrected chi connectivity index (χ2v) is 17.4. The van der Waals surface area contributed by atoms with Gasteiger partial charge in [-0.2, -0.15) is 12.6 Å². The summed E-state index contributed by atoms with van der Waals surface area (Å²) in [7, 11) is 6.11. The first-order chi connectivity index (χ1) is 25.0. The van der Waals surface area contributed by atoms with Crippen LogP contribution < -0.4 is 15.0 Å². The van der Waals surface area contributed by atoms with Crippen molar-refractivity contribution in [1.82, 2.24) is 10.2 Å². The van der Waals surface area contributed by atoms with Crippen molar-refractivity contribution in [2.45, 2.75) is 128 Å². The van der Waals surface area contributed by atoms with Crippen LogP contribution in [0, 0.1) is 11.8 Å². The number of hydrogen-bond donors (Lipinski definition) is 3. The summed E-state index contributed by atoms with van der Waals surface area (Å²) < 4.78 is 23.4. The van der Waals surface area contributed by atoms with E-state index in [4.69, 9.17) is 30.5 Å². The lowest BCUT2D eigenvalue weighted by Crippen LogP contribution is -2.57. The number of methoxy groups -OCH3 is 2. The molecule has 1 saturated heterocycles. The van der Waals surface area contributed by atoms with Crippen molar-refractivity contribution < 1.29 is 43.2 Å². The molecule has 0 saturated carbocycles. The maximum atomic E-state index is 14.2. The molecule has 0 aliphatic carbocycles. The van der Waals surface area contributed by atoms with Gasteiger partial charge in [0.1, 0.15) is 34.6 Å². The van der Waals surface area contributed by atoms with E-state index in [1.807, 2.05) is 46.8 Å². The molecule has 2 aliphatic rings. The molecule has 54 heavy (non-hydrogen) atoms. The summed E-state index contributed by atoms with van der Waals surface area (Å²) in [5.74, 6) is -1.89. The molecular formula is C40H60ClN3O9S. The van der Waals surface area contributed by atoms with Crippen LogP contribution in [0.2, 0.25) is 5.02 Å². The van der Waals surface area contributed by atoms with E-state index >= 15 is 0 Å². The number of nitrogens with one attached hydrogen (secondary N) is 1. The molecule has 2 N–H and O–H groups in total. The van der Waals surface area contributed by atoms with E-state index in [2.05, 4.69) is 17.9 Å². The summed E-state index contributed by atoms with van der Waals surface area (Å²) in [6.45, 7) is 14.3. The van der Waals surface area contributed by atoms with E-state index in [0.29, 0.717) is 24.3 Å². The maximum absolute atomic E-state index is 14.2. The predicted octanol–water partition coefficient (Wildman–Crippen LogP) is 5.67.